The van der Waals surface area contributed by atoms with Crippen molar-refractivity contribution in [3.05, 3.63) is 33.2 Å². The molecule has 1 amide bonds. The Morgan fingerprint density at radius 2 is 2.17 bits per heavy atom. The van der Waals surface area contributed by atoms with Gasteiger partial charge in [-0.25, -0.2) is 4.68 Å². The molecule has 0 radical (unpaired) electrons. The molecule has 0 saturated carbocycles. The molecule has 6 heteroatoms. The highest BCUT2D eigenvalue weighted by atomic mass is 16.1. The predicted octanol–water partition coefficient (Wildman–Crippen LogP) is 0.436. The van der Waals surface area contributed by atoms with Gasteiger partial charge in [0.15, 0.2) is 0 Å². The number of nitriles is 1. The Hall–Kier alpha value is -2.42. The maximum absolute atomic E-state index is 12.0. The maximum atomic E-state index is 12.0. The lowest BCUT2D eigenvalue weighted by atomic mass is 10.1. The summed E-state index contributed by atoms with van der Waals surface area (Å²) in [7, 11) is 0. The van der Waals surface area contributed by atoms with Gasteiger partial charge in [0.25, 0.3) is 5.56 Å². The lowest BCUT2D eigenvalue weighted by Crippen LogP contribution is -2.24. The van der Waals surface area contributed by atoms with Crippen LogP contribution in [0.15, 0.2) is 16.0 Å². The fraction of sp³-hybridized carbons (Fsp3) is 0.333. The van der Waals surface area contributed by atoms with Crippen LogP contribution in [0.1, 0.15) is 30.2 Å². The maximum Gasteiger partial charge on any atom is 0.289 e. The van der Waals surface area contributed by atoms with Crippen LogP contribution >= 0.6 is 0 Å². The highest BCUT2D eigenvalue weighted by molar-refractivity contribution is 5.99. The summed E-state index contributed by atoms with van der Waals surface area (Å²) in [6.45, 7) is 5.00. The van der Waals surface area contributed by atoms with Crippen molar-refractivity contribution in [3.63, 3.8) is 0 Å². The van der Waals surface area contributed by atoms with Gasteiger partial charge in [-0.15, -0.1) is 0 Å². The van der Waals surface area contributed by atoms with Crippen LogP contribution in [0.4, 0.5) is 0 Å². The van der Waals surface area contributed by atoms with E-state index in [0.717, 1.165) is 4.68 Å². The molecule has 2 N–H and O–H groups in total. The predicted molar refractivity (Wildman–Crippen MR) is 67.2 cm³/mol. The number of pyridine rings is 1. The zero-order valence-electron chi connectivity index (χ0n) is 10.5. The van der Waals surface area contributed by atoms with Gasteiger partial charge in [0.1, 0.15) is 11.6 Å². The number of rotatable bonds is 3. The van der Waals surface area contributed by atoms with Gasteiger partial charge in [0, 0.05) is 11.4 Å². The van der Waals surface area contributed by atoms with Gasteiger partial charge in [0.2, 0.25) is 5.91 Å². The average molecular weight is 246 g/mol. The van der Waals surface area contributed by atoms with Crippen molar-refractivity contribution in [2.24, 2.45) is 10.8 Å². The average Bonchev–Trinajstić information content (AvgIpc) is 2.23. The Morgan fingerprint density at radius 1 is 1.56 bits per heavy atom. The van der Waals surface area contributed by atoms with Crippen LogP contribution in [-0.4, -0.2) is 16.3 Å². The molecule has 1 aromatic rings. The number of hydrogen-bond donors (Lipinski definition) is 1. The van der Waals surface area contributed by atoms with Gasteiger partial charge in [-0.1, -0.05) is 0 Å². The molecule has 1 heterocycles. The quantitative estimate of drug-likeness (QED) is 0.782. The van der Waals surface area contributed by atoms with Crippen LogP contribution in [0, 0.1) is 25.2 Å². The number of carbonyl (C=O) groups excluding carboxylic acids is 1. The monoisotopic (exact) mass is 246 g/mol. The fourth-order valence-corrected chi connectivity index (χ4v) is 1.60. The molecule has 0 aliphatic rings. The zero-order chi connectivity index (χ0) is 13.9. The topological polar surface area (TPSA) is 101 Å². The molecule has 0 bridgehead atoms. The van der Waals surface area contributed by atoms with Gasteiger partial charge in [-0.2, -0.15) is 10.4 Å². The zero-order valence-corrected chi connectivity index (χ0v) is 10.5. The molecule has 0 atom stereocenters. The van der Waals surface area contributed by atoms with Crippen molar-refractivity contribution in [3.8, 4) is 6.07 Å². The standard InChI is InChI=1S/C12H14N4O2/c1-7-4-9(3)16(12(18)10(7)6-13)15-8(2)5-11(14)17/h4H,5H2,1-3H3,(H2,14,17)/b15-8+. The van der Waals surface area contributed by atoms with E-state index in [0.29, 0.717) is 17.0 Å². The molecule has 0 unspecified atom stereocenters. The first-order chi connectivity index (χ1) is 8.36. The molecule has 0 fully saturated rings. The van der Waals surface area contributed by atoms with Crippen molar-refractivity contribution in [2.45, 2.75) is 27.2 Å². The van der Waals surface area contributed by atoms with Gasteiger partial charge in [0.05, 0.1) is 6.42 Å². The number of nitrogens with two attached hydrogens (primary N) is 1. The van der Waals surface area contributed by atoms with Gasteiger partial charge in [-0.05, 0) is 32.4 Å². The number of primary amides is 1. The summed E-state index contributed by atoms with van der Waals surface area (Å²) in [6, 6.07) is 3.55. The highest BCUT2D eigenvalue weighted by Crippen LogP contribution is 2.05. The molecule has 94 valence electrons. The van der Waals surface area contributed by atoms with Crippen molar-refractivity contribution in [2.75, 3.05) is 0 Å². The molecule has 1 rings (SSSR count). The molecule has 0 aliphatic carbocycles. The summed E-state index contributed by atoms with van der Waals surface area (Å²) in [5.74, 6) is -0.519. The van der Waals surface area contributed by atoms with Crippen LogP contribution in [-0.2, 0) is 4.79 Å². The molecule has 0 saturated heterocycles. The Morgan fingerprint density at radius 3 is 2.67 bits per heavy atom. The second kappa shape index (κ2) is 5.27. The van der Waals surface area contributed by atoms with E-state index in [9.17, 15) is 9.59 Å². The number of aryl methyl sites for hydroxylation is 2. The van der Waals surface area contributed by atoms with Crippen LogP contribution in [0.25, 0.3) is 0 Å². The molecule has 1 aromatic heterocycles. The summed E-state index contributed by atoms with van der Waals surface area (Å²) < 4.78 is 1.11. The molecule has 6 nitrogen and oxygen atoms in total. The largest absolute Gasteiger partial charge is 0.369 e. The first-order valence-corrected chi connectivity index (χ1v) is 5.33. The number of hydrogen-bond acceptors (Lipinski definition) is 4. The minimum Gasteiger partial charge on any atom is -0.369 e. The minimum absolute atomic E-state index is 0.0261. The number of nitrogens with zero attached hydrogens (tertiary/aromatic N) is 3. The smallest absolute Gasteiger partial charge is 0.289 e. The number of aromatic nitrogens is 1. The lowest BCUT2D eigenvalue weighted by molar-refractivity contribution is -0.116. The van der Waals surface area contributed by atoms with E-state index in [1.54, 1.807) is 26.8 Å². The van der Waals surface area contributed by atoms with E-state index >= 15 is 0 Å². The van der Waals surface area contributed by atoms with Crippen molar-refractivity contribution < 1.29 is 4.79 Å². The SMILES string of the molecule is C/C(CC(N)=O)=N\n1c(C)cc(C)c(C#N)c1=O. The molecular weight excluding hydrogens is 232 g/mol. The minimum atomic E-state index is -0.519. The van der Waals surface area contributed by atoms with Gasteiger partial charge >= 0.3 is 0 Å². The van der Waals surface area contributed by atoms with E-state index in [4.69, 9.17) is 11.0 Å². The van der Waals surface area contributed by atoms with Crippen molar-refractivity contribution in [1.82, 2.24) is 4.68 Å². The number of amides is 1. The van der Waals surface area contributed by atoms with E-state index in [-0.39, 0.29) is 12.0 Å². The Labute approximate surface area is 104 Å². The van der Waals surface area contributed by atoms with E-state index in [1.165, 1.54) is 0 Å². The van der Waals surface area contributed by atoms with Crippen molar-refractivity contribution >= 4 is 11.6 Å². The molecule has 0 spiro atoms. The number of carbonyl (C=O) groups is 1. The van der Waals surface area contributed by atoms with Crippen LogP contribution in [0.3, 0.4) is 0 Å². The summed E-state index contributed by atoms with van der Waals surface area (Å²) in [5.41, 5.74) is 6.23. The van der Waals surface area contributed by atoms with Crippen LogP contribution in [0.2, 0.25) is 0 Å². The molecule has 18 heavy (non-hydrogen) atoms. The molecule has 0 aliphatic heterocycles. The van der Waals surface area contributed by atoms with E-state index < -0.39 is 11.5 Å². The first-order valence-electron chi connectivity index (χ1n) is 5.33. The highest BCUT2D eigenvalue weighted by Gasteiger charge is 2.10. The van der Waals surface area contributed by atoms with E-state index in [1.807, 2.05) is 6.07 Å². The van der Waals surface area contributed by atoms with Crippen LogP contribution < -0.4 is 11.3 Å². The summed E-state index contributed by atoms with van der Waals surface area (Å²) >= 11 is 0. The van der Waals surface area contributed by atoms with Crippen molar-refractivity contribution in [1.29, 1.82) is 5.26 Å². The molecular formula is C12H14N4O2. The third kappa shape index (κ3) is 2.83. The second-order valence-corrected chi connectivity index (χ2v) is 4.05. The third-order valence-corrected chi connectivity index (χ3v) is 2.37. The Balaban J connectivity index is 3.39. The summed E-state index contributed by atoms with van der Waals surface area (Å²) in [4.78, 5) is 22.7. The first kappa shape index (κ1) is 13.6. The normalized spacial score (nSPS) is 11.1. The second-order valence-electron chi connectivity index (χ2n) is 4.05. The fourth-order valence-electron chi connectivity index (χ4n) is 1.60. The lowest BCUT2D eigenvalue weighted by Gasteiger charge is -2.07. The summed E-state index contributed by atoms with van der Waals surface area (Å²) in [6.07, 6.45) is -0.0261. The summed E-state index contributed by atoms with van der Waals surface area (Å²) in [5, 5.41) is 12.9. The van der Waals surface area contributed by atoms with E-state index in [2.05, 4.69) is 5.10 Å². The van der Waals surface area contributed by atoms with Gasteiger partial charge < -0.3 is 5.73 Å². The Bertz CT molecular complexity index is 620. The molecule has 0 aromatic carbocycles. The third-order valence-electron chi connectivity index (χ3n) is 2.37. The van der Waals surface area contributed by atoms with Crippen LogP contribution in [0.5, 0.6) is 0 Å². The Kier molecular flexibility index (Phi) is 4.00. The van der Waals surface area contributed by atoms with Gasteiger partial charge in [-0.3, -0.25) is 9.59 Å².